The SMILES string of the molecule is C/N=C(C=O)\C=C(/C)C1=CN2NCNC2C=C1. The van der Waals surface area contributed by atoms with Crippen LogP contribution in [0.4, 0.5) is 0 Å². The molecule has 0 radical (unpaired) electrons. The Morgan fingerprint density at radius 3 is 3.18 bits per heavy atom. The largest absolute Gasteiger partial charge is 0.296 e. The molecule has 5 heteroatoms. The lowest BCUT2D eigenvalue weighted by Gasteiger charge is -2.23. The molecule has 0 saturated carbocycles. The molecule has 5 nitrogen and oxygen atoms in total. The highest BCUT2D eigenvalue weighted by atomic mass is 16.1. The van der Waals surface area contributed by atoms with Gasteiger partial charge in [0.05, 0.1) is 12.4 Å². The summed E-state index contributed by atoms with van der Waals surface area (Å²) in [4.78, 5) is 14.6. The molecule has 0 spiro atoms. The van der Waals surface area contributed by atoms with E-state index in [9.17, 15) is 4.79 Å². The van der Waals surface area contributed by atoms with Crippen molar-refractivity contribution in [1.29, 1.82) is 0 Å². The molecule has 0 aromatic carbocycles. The Morgan fingerprint density at radius 1 is 1.65 bits per heavy atom. The number of fused-ring (bicyclic) bond motifs is 1. The summed E-state index contributed by atoms with van der Waals surface area (Å²) in [5, 5.41) is 5.28. The Kier molecular flexibility index (Phi) is 3.51. The van der Waals surface area contributed by atoms with Crippen LogP contribution in [0.5, 0.6) is 0 Å². The molecule has 1 atom stereocenters. The van der Waals surface area contributed by atoms with E-state index < -0.39 is 0 Å². The molecule has 1 fully saturated rings. The zero-order chi connectivity index (χ0) is 12.3. The van der Waals surface area contributed by atoms with Gasteiger partial charge in [0.1, 0.15) is 6.17 Å². The van der Waals surface area contributed by atoms with Crippen LogP contribution >= 0.6 is 0 Å². The van der Waals surface area contributed by atoms with E-state index in [2.05, 4.69) is 21.8 Å². The summed E-state index contributed by atoms with van der Waals surface area (Å²) >= 11 is 0. The molecule has 90 valence electrons. The fraction of sp³-hybridized carbons (Fsp3) is 0.333. The maximum atomic E-state index is 10.7. The lowest BCUT2D eigenvalue weighted by Crippen LogP contribution is -2.35. The number of hydrogen-bond acceptors (Lipinski definition) is 5. The third-order valence-electron chi connectivity index (χ3n) is 2.81. The average molecular weight is 232 g/mol. The Morgan fingerprint density at radius 2 is 2.47 bits per heavy atom. The first-order valence-corrected chi connectivity index (χ1v) is 5.50. The molecule has 2 aliphatic rings. The first kappa shape index (κ1) is 11.8. The van der Waals surface area contributed by atoms with Gasteiger partial charge in [0.2, 0.25) is 0 Å². The molecule has 2 rings (SSSR count). The van der Waals surface area contributed by atoms with Gasteiger partial charge in [0.25, 0.3) is 0 Å². The van der Waals surface area contributed by atoms with Crippen LogP contribution in [0.25, 0.3) is 0 Å². The number of carbonyl (C=O) groups is 1. The molecule has 0 aromatic rings. The van der Waals surface area contributed by atoms with Gasteiger partial charge < -0.3 is 0 Å². The highest BCUT2D eigenvalue weighted by Crippen LogP contribution is 2.18. The standard InChI is InChI=1S/C12H16N4O/c1-9(5-11(7-17)13-2)10-3-4-12-14-8-15-16(12)6-10/h3-7,12,14-15H,8H2,1-2H3/b9-5+,13-11+. The van der Waals surface area contributed by atoms with E-state index in [-0.39, 0.29) is 6.17 Å². The summed E-state index contributed by atoms with van der Waals surface area (Å²) in [5.74, 6) is 0. The second-order valence-electron chi connectivity index (χ2n) is 3.93. The van der Waals surface area contributed by atoms with Gasteiger partial charge in [-0.25, -0.2) is 5.43 Å². The number of aliphatic imine (C=N–C) groups is 1. The fourth-order valence-electron chi connectivity index (χ4n) is 1.80. The van der Waals surface area contributed by atoms with Gasteiger partial charge >= 0.3 is 0 Å². The van der Waals surface area contributed by atoms with Crippen molar-refractivity contribution in [2.45, 2.75) is 13.1 Å². The second kappa shape index (κ2) is 5.07. The Labute approximate surface area is 101 Å². The highest BCUT2D eigenvalue weighted by Gasteiger charge is 2.21. The zero-order valence-electron chi connectivity index (χ0n) is 9.97. The van der Waals surface area contributed by atoms with Crippen LogP contribution in [-0.4, -0.2) is 36.9 Å². The number of allylic oxidation sites excluding steroid dienone is 4. The van der Waals surface area contributed by atoms with Gasteiger partial charge in [0.15, 0.2) is 6.29 Å². The van der Waals surface area contributed by atoms with E-state index in [1.165, 1.54) is 0 Å². The third kappa shape index (κ3) is 2.51. The van der Waals surface area contributed by atoms with E-state index in [0.717, 1.165) is 24.1 Å². The summed E-state index contributed by atoms with van der Waals surface area (Å²) < 4.78 is 0. The Bertz CT molecular complexity index is 434. The minimum Gasteiger partial charge on any atom is -0.296 e. The predicted octanol–water partition coefficient (Wildman–Crippen LogP) is 0.350. The minimum atomic E-state index is 0.219. The van der Waals surface area contributed by atoms with Crippen molar-refractivity contribution >= 4 is 12.0 Å². The smallest absolute Gasteiger partial charge is 0.167 e. The van der Waals surface area contributed by atoms with Crippen LogP contribution in [-0.2, 0) is 4.79 Å². The second-order valence-corrected chi connectivity index (χ2v) is 3.93. The van der Waals surface area contributed by atoms with E-state index in [0.29, 0.717) is 5.71 Å². The molecule has 17 heavy (non-hydrogen) atoms. The lowest BCUT2D eigenvalue weighted by atomic mass is 10.0. The number of carbonyl (C=O) groups excluding carboxylic acids is 1. The van der Waals surface area contributed by atoms with E-state index >= 15 is 0 Å². The normalized spacial score (nSPS) is 24.7. The average Bonchev–Trinajstić information content (AvgIpc) is 2.82. The summed E-state index contributed by atoms with van der Waals surface area (Å²) in [5.41, 5.74) is 5.73. The van der Waals surface area contributed by atoms with Crippen molar-refractivity contribution in [3.05, 3.63) is 35.6 Å². The molecule has 2 heterocycles. The van der Waals surface area contributed by atoms with Crippen LogP contribution in [0, 0.1) is 0 Å². The quantitative estimate of drug-likeness (QED) is 0.544. The minimum absolute atomic E-state index is 0.219. The number of nitrogens with one attached hydrogen (secondary N) is 2. The van der Waals surface area contributed by atoms with Crippen LogP contribution < -0.4 is 10.7 Å². The van der Waals surface area contributed by atoms with Gasteiger partial charge in [-0.05, 0) is 30.2 Å². The van der Waals surface area contributed by atoms with Crippen LogP contribution in [0.3, 0.4) is 0 Å². The fourth-order valence-corrected chi connectivity index (χ4v) is 1.80. The van der Waals surface area contributed by atoms with Gasteiger partial charge in [-0.3, -0.25) is 20.1 Å². The zero-order valence-corrected chi connectivity index (χ0v) is 9.97. The molecule has 0 aliphatic carbocycles. The van der Waals surface area contributed by atoms with Gasteiger partial charge in [-0.1, -0.05) is 6.08 Å². The number of rotatable bonds is 3. The number of hydrazine groups is 1. The van der Waals surface area contributed by atoms with Crippen molar-refractivity contribution < 1.29 is 4.79 Å². The Hall–Kier alpha value is -1.72. The first-order valence-electron chi connectivity index (χ1n) is 5.50. The molecular weight excluding hydrogens is 216 g/mol. The maximum absolute atomic E-state index is 10.7. The van der Waals surface area contributed by atoms with Crippen molar-refractivity contribution in [2.75, 3.05) is 13.7 Å². The summed E-state index contributed by atoms with van der Waals surface area (Å²) in [6.07, 6.45) is 8.91. The highest BCUT2D eigenvalue weighted by molar-refractivity contribution is 6.34. The van der Waals surface area contributed by atoms with Crippen molar-refractivity contribution in [3.63, 3.8) is 0 Å². The van der Waals surface area contributed by atoms with Crippen molar-refractivity contribution in [3.8, 4) is 0 Å². The van der Waals surface area contributed by atoms with Crippen LogP contribution in [0.15, 0.2) is 40.6 Å². The number of aldehydes is 1. The maximum Gasteiger partial charge on any atom is 0.167 e. The Balaban J connectivity index is 2.18. The molecule has 1 saturated heterocycles. The molecule has 2 N–H and O–H groups in total. The van der Waals surface area contributed by atoms with Crippen LogP contribution in [0.2, 0.25) is 0 Å². The number of nitrogens with zero attached hydrogens (tertiary/aromatic N) is 2. The lowest BCUT2D eigenvalue weighted by molar-refractivity contribution is -0.102. The van der Waals surface area contributed by atoms with E-state index in [4.69, 9.17) is 0 Å². The molecule has 0 amide bonds. The number of hydrogen-bond donors (Lipinski definition) is 2. The van der Waals surface area contributed by atoms with Gasteiger partial charge in [-0.15, -0.1) is 0 Å². The third-order valence-corrected chi connectivity index (χ3v) is 2.81. The monoisotopic (exact) mass is 232 g/mol. The van der Waals surface area contributed by atoms with Crippen LogP contribution in [0.1, 0.15) is 6.92 Å². The summed E-state index contributed by atoms with van der Waals surface area (Å²) in [7, 11) is 1.61. The van der Waals surface area contributed by atoms with Crippen molar-refractivity contribution in [1.82, 2.24) is 15.8 Å². The van der Waals surface area contributed by atoms with Crippen molar-refractivity contribution in [2.24, 2.45) is 4.99 Å². The predicted molar refractivity (Wildman–Crippen MR) is 67.2 cm³/mol. The van der Waals surface area contributed by atoms with E-state index in [1.807, 2.05) is 24.2 Å². The molecule has 1 unspecified atom stereocenters. The summed E-state index contributed by atoms with van der Waals surface area (Å²) in [6.45, 7) is 2.73. The molecule has 0 aromatic heterocycles. The van der Waals surface area contributed by atoms with Gasteiger partial charge in [0, 0.05) is 13.2 Å². The van der Waals surface area contributed by atoms with E-state index in [1.54, 1.807) is 13.1 Å². The first-order chi connectivity index (χ1) is 8.24. The topological polar surface area (TPSA) is 56.7 Å². The molecule has 0 bridgehead atoms. The summed E-state index contributed by atoms with van der Waals surface area (Å²) in [6, 6.07) is 0. The molecule has 2 aliphatic heterocycles. The van der Waals surface area contributed by atoms with Gasteiger partial charge in [-0.2, -0.15) is 0 Å². The molecular formula is C12H16N4O.